The van der Waals surface area contributed by atoms with E-state index in [-0.39, 0.29) is 17.2 Å². The van der Waals surface area contributed by atoms with Gasteiger partial charge in [0, 0.05) is 41.7 Å². The van der Waals surface area contributed by atoms with E-state index in [4.69, 9.17) is 4.74 Å². The Bertz CT molecular complexity index is 1450. The fraction of sp³-hybridized carbons (Fsp3) is 0.344. The highest BCUT2D eigenvalue weighted by Gasteiger charge is 2.44. The summed E-state index contributed by atoms with van der Waals surface area (Å²) in [6, 6.07) is 0. The maximum Gasteiger partial charge on any atom is 0.385 e. The van der Waals surface area contributed by atoms with E-state index < -0.39 is 5.97 Å². The molecular weight excluding hydrogens is 430 g/mol. The van der Waals surface area contributed by atoms with Gasteiger partial charge < -0.3 is 4.74 Å². The first-order chi connectivity index (χ1) is 16.7. The molecule has 0 atom stereocenters. The average Bonchev–Trinajstić information content (AvgIpc) is 2.78. The molecule has 0 saturated carbocycles. The number of likely N-dealkylation sites (tertiary alicyclic amines) is 1. The lowest BCUT2D eigenvalue weighted by molar-refractivity contribution is -0.151. The second-order valence-corrected chi connectivity index (χ2v) is 8.24. The van der Waals surface area contributed by atoms with Crippen LogP contribution in [0, 0.1) is 118 Å². The second-order valence-electron chi connectivity index (χ2n) is 8.24. The minimum absolute atomic E-state index is 0.0727. The fourth-order valence-corrected chi connectivity index (χ4v) is 3.19. The van der Waals surface area contributed by atoms with Gasteiger partial charge in [-0.05, 0) is 136 Å². The van der Waals surface area contributed by atoms with Gasteiger partial charge in [-0.2, -0.15) is 0 Å². The van der Waals surface area contributed by atoms with Gasteiger partial charge in [-0.3, -0.25) is 4.90 Å². The number of rotatable bonds is 1. The van der Waals surface area contributed by atoms with Gasteiger partial charge in [-0.15, -0.1) is 0 Å². The summed E-state index contributed by atoms with van der Waals surface area (Å²) in [4.78, 5) is 14.3. The summed E-state index contributed by atoms with van der Waals surface area (Å²) in [5.41, 5.74) is -0.145. The number of carbonyl (C=O) groups excluding carboxylic acids is 1. The van der Waals surface area contributed by atoms with Gasteiger partial charge in [0.2, 0.25) is 0 Å². The Balaban J connectivity index is 2.50. The number of esters is 1. The van der Waals surface area contributed by atoms with Gasteiger partial charge in [-0.1, -0.05) is 5.92 Å². The van der Waals surface area contributed by atoms with E-state index in [0.29, 0.717) is 0 Å². The van der Waals surface area contributed by atoms with Crippen molar-refractivity contribution in [1.82, 2.24) is 4.90 Å². The third-order valence-electron chi connectivity index (χ3n) is 4.90. The Hall–Kier alpha value is -4.97. The maximum atomic E-state index is 12.0. The smallest absolute Gasteiger partial charge is 0.385 e. The highest BCUT2D eigenvalue weighted by Crippen LogP contribution is 2.38. The molecule has 0 bridgehead atoms. The van der Waals surface area contributed by atoms with Crippen LogP contribution < -0.4 is 0 Å². The van der Waals surface area contributed by atoms with Gasteiger partial charge >= 0.3 is 5.97 Å². The van der Waals surface area contributed by atoms with E-state index in [1.165, 1.54) is 0 Å². The minimum Gasteiger partial charge on any atom is -0.453 e. The molecule has 3 heteroatoms. The molecule has 0 spiro atoms. The summed E-state index contributed by atoms with van der Waals surface area (Å²) in [5.74, 6) is 49.6. The number of hydrogen-bond donors (Lipinski definition) is 0. The molecule has 168 valence electrons. The molecule has 0 unspecified atom stereocenters. The van der Waals surface area contributed by atoms with Crippen molar-refractivity contribution in [3.05, 3.63) is 0 Å². The lowest BCUT2D eigenvalue weighted by Crippen LogP contribution is -2.60. The third kappa shape index (κ3) is 12.0. The van der Waals surface area contributed by atoms with Crippen LogP contribution in [0.25, 0.3) is 0 Å². The van der Waals surface area contributed by atoms with E-state index >= 15 is 0 Å². The highest BCUT2D eigenvalue weighted by molar-refractivity contribution is 5.89. The van der Waals surface area contributed by atoms with Crippen molar-refractivity contribution in [2.75, 3.05) is 7.05 Å². The number of ether oxygens (including phenoxy) is 1. The largest absolute Gasteiger partial charge is 0.453 e. The molecule has 35 heavy (non-hydrogen) atoms. The van der Waals surface area contributed by atoms with Crippen molar-refractivity contribution in [1.29, 1.82) is 0 Å². The predicted molar refractivity (Wildman–Crippen MR) is 138 cm³/mol. The normalized spacial score (nSPS) is 13.5. The van der Waals surface area contributed by atoms with Crippen molar-refractivity contribution in [2.24, 2.45) is 0 Å². The summed E-state index contributed by atoms with van der Waals surface area (Å²) in [6.07, 6.45) is 1.31. The van der Waals surface area contributed by atoms with E-state index in [2.05, 4.69) is 158 Å². The predicted octanol–water partition coefficient (Wildman–Crippen LogP) is 2.23. The number of piperidine rings is 1. The average molecular weight is 454 g/mol. The zero-order valence-corrected chi connectivity index (χ0v) is 20.8. The highest BCUT2D eigenvalue weighted by atomic mass is 16.5. The summed E-state index contributed by atoms with van der Waals surface area (Å²) in [7, 11) is 2.09. The minimum atomic E-state index is -0.586. The Morgan fingerprint density at radius 2 is 0.943 bits per heavy atom. The molecule has 0 aromatic rings. The quantitative estimate of drug-likeness (QED) is 0.347. The van der Waals surface area contributed by atoms with E-state index in [1.54, 1.807) is 6.92 Å². The zero-order chi connectivity index (χ0) is 26.0. The number of nitrogens with zero attached hydrogens (tertiary/aromatic N) is 1. The van der Waals surface area contributed by atoms with Gasteiger partial charge in [0.05, 0.1) is 0 Å². The van der Waals surface area contributed by atoms with Gasteiger partial charge in [0.15, 0.2) is 0 Å². The summed E-state index contributed by atoms with van der Waals surface area (Å²) in [6.45, 7) is 10.3. The lowest BCUT2D eigenvalue weighted by atomic mass is 9.79. The zero-order valence-electron chi connectivity index (χ0n) is 20.8. The molecule has 0 radical (unpaired) electrons. The first-order valence-electron chi connectivity index (χ1n) is 10.6. The summed E-state index contributed by atoms with van der Waals surface area (Å²) < 4.78 is 5.53. The van der Waals surface area contributed by atoms with Crippen LogP contribution in [0.3, 0.4) is 0 Å². The SMILES string of the molecule is CC#CC#CC#CC#CC#CC#CC#CC#CC#CC#CC(=O)OC1CC(C)(C)N(C)C(C)(C)C1. The van der Waals surface area contributed by atoms with Crippen LogP contribution in [0.5, 0.6) is 0 Å². The molecule has 1 aliphatic heterocycles. The molecule has 1 heterocycles. The molecule has 1 saturated heterocycles. The van der Waals surface area contributed by atoms with Crippen LogP contribution in [0.1, 0.15) is 47.5 Å². The Labute approximate surface area is 210 Å². The van der Waals surface area contributed by atoms with Crippen molar-refractivity contribution >= 4 is 5.97 Å². The van der Waals surface area contributed by atoms with Crippen LogP contribution in [-0.4, -0.2) is 35.1 Å². The van der Waals surface area contributed by atoms with Crippen molar-refractivity contribution < 1.29 is 9.53 Å². The molecule has 0 aliphatic carbocycles. The Morgan fingerprint density at radius 3 is 1.29 bits per heavy atom. The van der Waals surface area contributed by atoms with E-state index in [1.807, 2.05) is 0 Å². The number of hydrogen-bond acceptors (Lipinski definition) is 3. The molecule has 0 aromatic heterocycles. The first kappa shape index (κ1) is 28.1. The molecule has 0 N–H and O–H groups in total. The van der Waals surface area contributed by atoms with Crippen LogP contribution >= 0.6 is 0 Å². The molecule has 0 aromatic carbocycles. The Morgan fingerprint density at radius 1 is 0.629 bits per heavy atom. The Kier molecular flexibility index (Phi) is 12.0. The van der Waals surface area contributed by atoms with Gasteiger partial charge in [-0.25, -0.2) is 4.79 Å². The van der Waals surface area contributed by atoms with Crippen LogP contribution in [0.4, 0.5) is 0 Å². The maximum absolute atomic E-state index is 12.0. The van der Waals surface area contributed by atoms with Gasteiger partial charge in [0.25, 0.3) is 0 Å². The van der Waals surface area contributed by atoms with Crippen molar-refractivity contribution in [3.8, 4) is 118 Å². The van der Waals surface area contributed by atoms with Gasteiger partial charge in [0.1, 0.15) is 6.10 Å². The lowest BCUT2D eigenvalue weighted by Gasteiger charge is -2.53. The van der Waals surface area contributed by atoms with Crippen LogP contribution in [-0.2, 0) is 9.53 Å². The summed E-state index contributed by atoms with van der Waals surface area (Å²) in [5, 5.41) is 0. The first-order valence-corrected chi connectivity index (χ1v) is 10.6. The van der Waals surface area contributed by atoms with Crippen molar-refractivity contribution in [3.63, 3.8) is 0 Å². The topological polar surface area (TPSA) is 29.5 Å². The second kappa shape index (κ2) is 15.0. The molecular formula is C32H23NO2. The molecule has 1 rings (SSSR count). The molecule has 0 amide bonds. The summed E-state index contributed by atoms with van der Waals surface area (Å²) >= 11 is 0. The van der Waals surface area contributed by atoms with Crippen LogP contribution in [0.15, 0.2) is 0 Å². The van der Waals surface area contributed by atoms with E-state index in [9.17, 15) is 4.79 Å². The monoisotopic (exact) mass is 453 g/mol. The molecule has 1 fully saturated rings. The molecule has 3 nitrogen and oxygen atoms in total. The third-order valence-corrected chi connectivity index (χ3v) is 4.90. The number of carbonyl (C=O) groups is 1. The molecule has 1 aliphatic rings. The van der Waals surface area contributed by atoms with Crippen LogP contribution in [0.2, 0.25) is 0 Å². The fourth-order valence-electron chi connectivity index (χ4n) is 3.19. The van der Waals surface area contributed by atoms with Crippen molar-refractivity contribution in [2.45, 2.75) is 64.6 Å². The van der Waals surface area contributed by atoms with E-state index in [0.717, 1.165) is 12.8 Å². The standard InChI is InChI=1S/C32H23NO2/c1-7-8-9-10-11-12-13-14-15-16-17-18-19-20-21-22-23-24-25-26-30(34)35-29-27-31(2,3)33(6)32(4,5)28-29/h29H,27-28H2,1-6H3.